The minimum Gasteiger partial charge on any atom is -0.326 e. The van der Waals surface area contributed by atoms with Crippen molar-refractivity contribution in [1.29, 1.82) is 0 Å². The molecule has 1 atom stereocenters. The highest BCUT2D eigenvalue weighted by atomic mass is 16.2. The molecular formula is C8H10N4O. The van der Waals surface area contributed by atoms with Crippen molar-refractivity contribution >= 4 is 11.6 Å². The Balaban J connectivity index is 2.23. The van der Waals surface area contributed by atoms with Gasteiger partial charge in [-0.3, -0.25) is 4.79 Å². The molecule has 68 valence electrons. The third-order valence-corrected chi connectivity index (χ3v) is 2.01. The molecule has 1 aromatic heterocycles. The highest BCUT2D eigenvalue weighted by Crippen LogP contribution is 2.17. The molecule has 13 heavy (non-hydrogen) atoms. The second-order valence-electron chi connectivity index (χ2n) is 3.07. The summed E-state index contributed by atoms with van der Waals surface area (Å²) in [6, 6.07) is -0.0623. The first-order valence-electron chi connectivity index (χ1n) is 4.08. The van der Waals surface area contributed by atoms with Crippen LogP contribution in [0, 0.1) is 0 Å². The minimum atomic E-state index is -0.0623. The van der Waals surface area contributed by atoms with Crippen LogP contribution in [-0.4, -0.2) is 28.5 Å². The van der Waals surface area contributed by atoms with Gasteiger partial charge in [0.2, 0.25) is 5.91 Å². The van der Waals surface area contributed by atoms with Gasteiger partial charge in [0.1, 0.15) is 6.33 Å². The quantitative estimate of drug-likeness (QED) is 0.631. The molecule has 1 fully saturated rings. The van der Waals surface area contributed by atoms with Gasteiger partial charge >= 0.3 is 0 Å². The number of hydrogen-bond donors (Lipinski definition) is 1. The topological polar surface area (TPSA) is 72.1 Å². The van der Waals surface area contributed by atoms with Gasteiger partial charge < -0.3 is 10.6 Å². The molecule has 2 N–H and O–H groups in total. The first kappa shape index (κ1) is 8.12. The molecule has 5 nitrogen and oxygen atoms in total. The van der Waals surface area contributed by atoms with Crippen LogP contribution in [0.2, 0.25) is 0 Å². The van der Waals surface area contributed by atoms with Crippen molar-refractivity contribution in [2.75, 3.05) is 11.4 Å². The van der Waals surface area contributed by atoms with Crippen molar-refractivity contribution in [2.45, 2.75) is 12.5 Å². The Morgan fingerprint density at radius 1 is 1.46 bits per heavy atom. The smallest absolute Gasteiger partial charge is 0.228 e. The molecule has 1 amide bonds. The maximum Gasteiger partial charge on any atom is 0.228 e. The van der Waals surface area contributed by atoms with E-state index in [1.807, 2.05) is 0 Å². The summed E-state index contributed by atoms with van der Waals surface area (Å²) in [7, 11) is 0. The van der Waals surface area contributed by atoms with Crippen molar-refractivity contribution in [2.24, 2.45) is 5.73 Å². The zero-order chi connectivity index (χ0) is 9.26. The van der Waals surface area contributed by atoms with Crippen LogP contribution in [0.3, 0.4) is 0 Å². The van der Waals surface area contributed by atoms with Gasteiger partial charge in [-0.15, -0.1) is 0 Å². The summed E-state index contributed by atoms with van der Waals surface area (Å²) in [6.45, 7) is 0.562. The fourth-order valence-corrected chi connectivity index (χ4v) is 1.42. The largest absolute Gasteiger partial charge is 0.326 e. The van der Waals surface area contributed by atoms with Crippen LogP contribution in [0.4, 0.5) is 5.69 Å². The first-order chi connectivity index (χ1) is 6.27. The Labute approximate surface area is 75.6 Å². The molecule has 5 heteroatoms. The van der Waals surface area contributed by atoms with Crippen LogP contribution < -0.4 is 10.6 Å². The second kappa shape index (κ2) is 3.10. The third kappa shape index (κ3) is 1.50. The van der Waals surface area contributed by atoms with Crippen LogP contribution in [0.1, 0.15) is 6.42 Å². The van der Waals surface area contributed by atoms with E-state index in [1.165, 1.54) is 6.33 Å². The van der Waals surface area contributed by atoms with Crippen LogP contribution >= 0.6 is 0 Å². The zero-order valence-electron chi connectivity index (χ0n) is 7.05. The maximum absolute atomic E-state index is 11.4. The number of anilines is 1. The predicted octanol–water partition coefficient (Wildman–Crippen LogP) is -0.459. The summed E-state index contributed by atoms with van der Waals surface area (Å²) in [5.41, 5.74) is 6.37. The Morgan fingerprint density at radius 3 is 2.69 bits per heavy atom. The number of rotatable bonds is 1. The van der Waals surface area contributed by atoms with Crippen molar-refractivity contribution in [3.05, 3.63) is 18.7 Å². The van der Waals surface area contributed by atoms with Crippen molar-refractivity contribution in [1.82, 2.24) is 9.97 Å². The number of amides is 1. The van der Waals surface area contributed by atoms with E-state index in [2.05, 4.69) is 9.97 Å². The fourth-order valence-electron chi connectivity index (χ4n) is 1.42. The van der Waals surface area contributed by atoms with Crippen LogP contribution in [-0.2, 0) is 4.79 Å². The lowest BCUT2D eigenvalue weighted by molar-refractivity contribution is -0.117. The van der Waals surface area contributed by atoms with Crippen molar-refractivity contribution < 1.29 is 4.79 Å². The number of nitrogens with zero attached hydrogens (tertiary/aromatic N) is 3. The van der Waals surface area contributed by atoms with E-state index < -0.39 is 0 Å². The lowest BCUT2D eigenvalue weighted by Gasteiger charge is -2.14. The van der Waals surface area contributed by atoms with Crippen LogP contribution in [0.5, 0.6) is 0 Å². The highest BCUT2D eigenvalue weighted by molar-refractivity contribution is 5.95. The molecular weight excluding hydrogens is 168 g/mol. The van der Waals surface area contributed by atoms with Gasteiger partial charge in [0, 0.05) is 19.0 Å². The van der Waals surface area contributed by atoms with E-state index in [4.69, 9.17) is 5.73 Å². The molecule has 2 rings (SSSR count). The van der Waals surface area contributed by atoms with E-state index in [0.29, 0.717) is 13.0 Å². The monoisotopic (exact) mass is 178 g/mol. The number of carbonyl (C=O) groups is 1. The molecule has 0 bridgehead atoms. The standard InChI is InChI=1S/C8H10N4O/c9-6-1-8(13)12(4-6)7-2-10-5-11-3-7/h2-3,5-6H,1,4,9H2. The third-order valence-electron chi connectivity index (χ3n) is 2.01. The highest BCUT2D eigenvalue weighted by Gasteiger charge is 2.28. The molecule has 1 aromatic rings. The van der Waals surface area contributed by atoms with E-state index in [0.717, 1.165) is 5.69 Å². The summed E-state index contributed by atoms with van der Waals surface area (Å²) in [4.78, 5) is 20.7. The number of nitrogens with two attached hydrogens (primary N) is 1. The van der Waals surface area contributed by atoms with Gasteiger partial charge in [0.25, 0.3) is 0 Å². The summed E-state index contributed by atoms with van der Waals surface area (Å²) >= 11 is 0. The van der Waals surface area contributed by atoms with Gasteiger partial charge in [-0.05, 0) is 0 Å². The Kier molecular flexibility index (Phi) is 1.94. The molecule has 1 aliphatic rings. The van der Waals surface area contributed by atoms with Gasteiger partial charge in [0.15, 0.2) is 0 Å². The van der Waals surface area contributed by atoms with Crippen molar-refractivity contribution in [3.8, 4) is 0 Å². The van der Waals surface area contributed by atoms with E-state index >= 15 is 0 Å². The fraction of sp³-hybridized carbons (Fsp3) is 0.375. The molecule has 0 saturated carbocycles. The van der Waals surface area contributed by atoms with Crippen LogP contribution in [0.25, 0.3) is 0 Å². The molecule has 0 radical (unpaired) electrons. The first-order valence-corrected chi connectivity index (χ1v) is 4.08. The molecule has 1 unspecified atom stereocenters. The molecule has 1 saturated heterocycles. The van der Waals surface area contributed by atoms with E-state index in [9.17, 15) is 4.79 Å². The number of hydrogen-bond acceptors (Lipinski definition) is 4. The molecule has 2 heterocycles. The molecule has 0 aromatic carbocycles. The SMILES string of the molecule is NC1CC(=O)N(c2cncnc2)C1. The summed E-state index contributed by atoms with van der Waals surface area (Å²) in [5, 5.41) is 0. The molecule has 1 aliphatic heterocycles. The van der Waals surface area contributed by atoms with E-state index in [1.54, 1.807) is 17.3 Å². The lowest BCUT2D eigenvalue weighted by atomic mass is 10.3. The number of aromatic nitrogens is 2. The predicted molar refractivity (Wildman–Crippen MR) is 47.0 cm³/mol. The van der Waals surface area contributed by atoms with Crippen LogP contribution in [0.15, 0.2) is 18.7 Å². The summed E-state index contributed by atoms with van der Waals surface area (Å²) in [6.07, 6.45) is 5.07. The van der Waals surface area contributed by atoms with E-state index in [-0.39, 0.29) is 11.9 Å². The van der Waals surface area contributed by atoms with Gasteiger partial charge in [-0.1, -0.05) is 0 Å². The molecule has 0 spiro atoms. The average molecular weight is 178 g/mol. The maximum atomic E-state index is 11.4. The Bertz CT molecular complexity index is 313. The zero-order valence-corrected chi connectivity index (χ0v) is 7.05. The van der Waals surface area contributed by atoms with Crippen molar-refractivity contribution in [3.63, 3.8) is 0 Å². The van der Waals surface area contributed by atoms with Gasteiger partial charge in [-0.25, -0.2) is 9.97 Å². The summed E-state index contributed by atoms with van der Waals surface area (Å²) in [5.74, 6) is 0.0438. The summed E-state index contributed by atoms with van der Waals surface area (Å²) < 4.78 is 0. The second-order valence-corrected chi connectivity index (χ2v) is 3.07. The van der Waals surface area contributed by atoms with Gasteiger partial charge in [-0.2, -0.15) is 0 Å². The lowest BCUT2D eigenvalue weighted by Crippen LogP contribution is -2.28. The van der Waals surface area contributed by atoms with Gasteiger partial charge in [0.05, 0.1) is 18.1 Å². The Hall–Kier alpha value is -1.49. The minimum absolute atomic E-state index is 0.0438. The Morgan fingerprint density at radius 2 is 2.15 bits per heavy atom. The average Bonchev–Trinajstić information content (AvgIpc) is 2.47. The normalized spacial score (nSPS) is 22.4. The number of carbonyl (C=O) groups excluding carboxylic acids is 1. The molecule has 0 aliphatic carbocycles.